The zero-order valence-electron chi connectivity index (χ0n) is 13.6. The quantitative estimate of drug-likeness (QED) is 0.642. The second-order valence-corrected chi connectivity index (χ2v) is 5.56. The molecule has 0 spiro atoms. The number of benzene rings is 1. The van der Waals surface area contributed by atoms with Crippen LogP contribution in [-0.4, -0.2) is 37.8 Å². The van der Waals surface area contributed by atoms with Crippen LogP contribution in [0.3, 0.4) is 0 Å². The first-order chi connectivity index (χ1) is 12.3. The van der Waals surface area contributed by atoms with Gasteiger partial charge in [0.15, 0.2) is 5.75 Å². The molecule has 2 aromatic heterocycles. The van der Waals surface area contributed by atoms with Crippen LogP contribution in [-0.2, 0) is 11.8 Å². The molecule has 0 atom stereocenters. The van der Waals surface area contributed by atoms with Crippen molar-refractivity contribution >= 4 is 17.4 Å². The number of carboxylic acids is 1. The third kappa shape index (κ3) is 2.79. The predicted molar refractivity (Wildman–Crippen MR) is 89.7 cm³/mol. The molecule has 0 saturated heterocycles. The summed E-state index contributed by atoms with van der Waals surface area (Å²) < 4.78 is 15.6. The van der Waals surface area contributed by atoms with Crippen LogP contribution in [0.4, 0.5) is 4.39 Å². The zero-order valence-corrected chi connectivity index (χ0v) is 13.6. The number of hydrogen-bond acceptors (Lipinski definition) is 4. The highest BCUT2D eigenvalue weighted by Gasteiger charge is 2.24. The van der Waals surface area contributed by atoms with Gasteiger partial charge in [0.1, 0.15) is 23.4 Å². The summed E-state index contributed by atoms with van der Waals surface area (Å²) in [5, 5.41) is 21.3. The van der Waals surface area contributed by atoms with Crippen molar-refractivity contribution in [2.75, 3.05) is 6.54 Å². The number of hydrogen-bond donors (Lipinski definition) is 3. The molecule has 0 unspecified atom stereocenters. The van der Waals surface area contributed by atoms with Crippen LogP contribution >= 0.6 is 0 Å². The number of aromatic hydroxyl groups is 1. The Labute approximate surface area is 145 Å². The molecule has 0 fully saturated rings. The van der Waals surface area contributed by atoms with Gasteiger partial charge in [0, 0.05) is 18.8 Å². The molecule has 0 radical (unpaired) electrons. The fraction of sp³-hybridized carbons (Fsp3) is 0.118. The highest BCUT2D eigenvalue weighted by Crippen LogP contribution is 2.32. The van der Waals surface area contributed by atoms with Crippen molar-refractivity contribution in [1.29, 1.82) is 0 Å². The maximum Gasteiger partial charge on any atom is 0.322 e. The van der Waals surface area contributed by atoms with Gasteiger partial charge in [0.25, 0.3) is 11.5 Å². The second-order valence-electron chi connectivity index (χ2n) is 5.56. The molecule has 3 N–H and O–H groups in total. The van der Waals surface area contributed by atoms with E-state index in [9.17, 15) is 23.9 Å². The van der Waals surface area contributed by atoms with E-state index in [4.69, 9.17) is 5.11 Å². The van der Waals surface area contributed by atoms with Crippen LogP contribution in [0.5, 0.6) is 5.75 Å². The van der Waals surface area contributed by atoms with E-state index >= 15 is 0 Å². The van der Waals surface area contributed by atoms with E-state index in [0.29, 0.717) is 11.1 Å². The predicted octanol–water partition coefficient (Wildman–Crippen LogP) is 0.964. The number of aliphatic carboxylic acids is 1. The molecule has 2 heterocycles. The molecular weight excluding hydrogens is 345 g/mol. The molecule has 26 heavy (non-hydrogen) atoms. The van der Waals surface area contributed by atoms with Gasteiger partial charge in [0.05, 0.1) is 0 Å². The molecule has 8 nitrogen and oxygen atoms in total. The highest BCUT2D eigenvalue weighted by molar-refractivity contribution is 6.01. The normalized spacial score (nSPS) is 10.8. The summed E-state index contributed by atoms with van der Waals surface area (Å²) in [5.41, 5.74) is -0.147. The SMILES string of the molecule is Cn1c(=O)c(C(=O)NCC(=O)O)c(O)c2c(-c3ccc(F)cc3)ccn21. The van der Waals surface area contributed by atoms with E-state index in [0.717, 1.165) is 4.68 Å². The van der Waals surface area contributed by atoms with Crippen molar-refractivity contribution in [2.24, 2.45) is 7.05 Å². The first-order valence-corrected chi connectivity index (χ1v) is 7.50. The van der Waals surface area contributed by atoms with Crippen LogP contribution in [0.2, 0.25) is 0 Å². The van der Waals surface area contributed by atoms with Gasteiger partial charge in [-0.1, -0.05) is 12.1 Å². The average Bonchev–Trinajstić information content (AvgIpc) is 3.04. The van der Waals surface area contributed by atoms with Crippen molar-refractivity contribution in [3.05, 3.63) is 58.3 Å². The lowest BCUT2D eigenvalue weighted by Gasteiger charge is -2.12. The summed E-state index contributed by atoms with van der Waals surface area (Å²) in [4.78, 5) is 35.2. The number of fused-ring (bicyclic) bond motifs is 1. The van der Waals surface area contributed by atoms with Gasteiger partial charge >= 0.3 is 5.97 Å². The van der Waals surface area contributed by atoms with Crippen molar-refractivity contribution in [2.45, 2.75) is 0 Å². The Balaban J connectivity index is 2.23. The lowest BCUT2D eigenvalue weighted by molar-refractivity contribution is -0.135. The Morgan fingerprint density at radius 3 is 2.46 bits per heavy atom. The van der Waals surface area contributed by atoms with E-state index in [-0.39, 0.29) is 5.52 Å². The molecule has 9 heteroatoms. The first-order valence-electron chi connectivity index (χ1n) is 7.50. The number of amides is 1. The average molecular weight is 359 g/mol. The molecule has 3 aromatic rings. The van der Waals surface area contributed by atoms with Crippen LogP contribution in [0.15, 0.2) is 41.3 Å². The Morgan fingerprint density at radius 1 is 1.19 bits per heavy atom. The van der Waals surface area contributed by atoms with E-state index in [1.54, 1.807) is 6.07 Å². The lowest BCUT2D eigenvalue weighted by Crippen LogP contribution is -2.36. The topological polar surface area (TPSA) is 113 Å². The molecule has 1 amide bonds. The number of carbonyl (C=O) groups is 2. The van der Waals surface area contributed by atoms with E-state index < -0.39 is 41.1 Å². The van der Waals surface area contributed by atoms with Crippen LogP contribution in [0.1, 0.15) is 10.4 Å². The van der Waals surface area contributed by atoms with E-state index in [1.807, 2.05) is 0 Å². The third-order valence-corrected chi connectivity index (χ3v) is 3.94. The molecule has 0 saturated carbocycles. The number of halogens is 1. The highest BCUT2D eigenvalue weighted by atomic mass is 19.1. The van der Waals surface area contributed by atoms with Gasteiger partial charge in [-0.3, -0.25) is 18.9 Å². The monoisotopic (exact) mass is 359 g/mol. The number of nitrogens with zero attached hydrogens (tertiary/aromatic N) is 2. The Hall–Kier alpha value is -3.62. The van der Waals surface area contributed by atoms with Crippen LogP contribution in [0.25, 0.3) is 16.6 Å². The summed E-state index contributed by atoms with van der Waals surface area (Å²) in [6, 6.07) is 7.11. The van der Waals surface area contributed by atoms with Gasteiger partial charge in [-0.25, -0.2) is 9.07 Å². The molecule has 134 valence electrons. The zero-order chi connectivity index (χ0) is 19.0. The molecule has 1 aromatic carbocycles. The van der Waals surface area contributed by atoms with Crippen molar-refractivity contribution in [1.82, 2.24) is 14.5 Å². The van der Waals surface area contributed by atoms with Gasteiger partial charge in [0.2, 0.25) is 0 Å². The summed E-state index contributed by atoms with van der Waals surface area (Å²) in [5.74, 6) is -3.30. The Kier molecular flexibility index (Phi) is 4.21. The number of aryl methyl sites for hydroxylation is 1. The molecule has 0 aliphatic carbocycles. The van der Waals surface area contributed by atoms with E-state index in [1.165, 1.54) is 42.0 Å². The first kappa shape index (κ1) is 17.2. The van der Waals surface area contributed by atoms with Crippen molar-refractivity contribution in [3.8, 4) is 16.9 Å². The summed E-state index contributed by atoms with van der Waals surface area (Å²) in [7, 11) is 1.40. The van der Waals surface area contributed by atoms with Gasteiger partial charge < -0.3 is 15.5 Å². The van der Waals surface area contributed by atoms with Crippen LogP contribution in [0, 0.1) is 5.82 Å². The van der Waals surface area contributed by atoms with Crippen molar-refractivity contribution in [3.63, 3.8) is 0 Å². The number of nitrogens with one attached hydrogen (secondary N) is 1. The Morgan fingerprint density at radius 2 is 1.85 bits per heavy atom. The summed E-state index contributed by atoms with van der Waals surface area (Å²) in [6.07, 6.45) is 1.52. The number of aromatic nitrogens is 2. The second kappa shape index (κ2) is 6.36. The van der Waals surface area contributed by atoms with Gasteiger partial charge in [-0.2, -0.15) is 0 Å². The lowest BCUT2D eigenvalue weighted by atomic mass is 10.1. The smallest absolute Gasteiger partial charge is 0.322 e. The van der Waals surface area contributed by atoms with Crippen LogP contribution < -0.4 is 10.9 Å². The molecule has 0 aliphatic rings. The maximum atomic E-state index is 13.2. The van der Waals surface area contributed by atoms with Gasteiger partial charge in [-0.15, -0.1) is 0 Å². The summed E-state index contributed by atoms with van der Waals surface area (Å²) in [6.45, 7) is -0.696. The molecular formula is C17H14FN3O5. The number of carboxylic acid groups (broad SMARTS) is 1. The fourth-order valence-corrected chi connectivity index (χ4v) is 2.70. The molecule has 3 rings (SSSR count). The van der Waals surface area contributed by atoms with Crippen molar-refractivity contribution < 1.29 is 24.2 Å². The fourth-order valence-electron chi connectivity index (χ4n) is 2.70. The maximum absolute atomic E-state index is 13.2. The minimum Gasteiger partial charge on any atom is -0.505 e. The third-order valence-electron chi connectivity index (χ3n) is 3.94. The minimum absolute atomic E-state index is 0.166. The van der Waals surface area contributed by atoms with Gasteiger partial charge in [-0.05, 0) is 23.8 Å². The molecule has 0 aliphatic heterocycles. The largest absolute Gasteiger partial charge is 0.505 e. The standard InChI is InChI=1S/C17H14FN3O5/c1-20-17(26)13(16(25)19-8-12(22)23)15(24)14-11(6-7-21(14)20)9-2-4-10(18)5-3-9/h2-7,24H,8H2,1H3,(H,19,25)(H,22,23). The minimum atomic E-state index is -1.29. The Bertz CT molecular complexity index is 1080. The summed E-state index contributed by atoms with van der Waals surface area (Å²) >= 11 is 0. The van der Waals surface area contributed by atoms with E-state index in [2.05, 4.69) is 5.32 Å². The molecule has 0 bridgehead atoms. The number of rotatable bonds is 4. The number of carbonyl (C=O) groups excluding carboxylic acids is 1.